The molecule has 0 bridgehead atoms. The molecule has 1 aromatic carbocycles. The van der Waals surface area contributed by atoms with Gasteiger partial charge in [-0.25, -0.2) is 13.8 Å². The number of benzene rings is 1. The molecule has 1 N–H and O–H groups in total. The Balaban J connectivity index is 1.90. The lowest BCUT2D eigenvalue weighted by Gasteiger charge is -2.24. The lowest BCUT2D eigenvalue weighted by atomic mass is 10.2. The highest BCUT2D eigenvalue weighted by Crippen LogP contribution is 2.29. The van der Waals surface area contributed by atoms with Gasteiger partial charge in [0.1, 0.15) is 28.4 Å². The molecule has 5 nitrogen and oxygen atoms in total. The van der Waals surface area contributed by atoms with Crippen LogP contribution in [0.1, 0.15) is 23.8 Å². The number of hydrogen-bond acceptors (Lipinski definition) is 4. The van der Waals surface area contributed by atoms with E-state index < -0.39 is 23.6 Å². The number of carbonyl (C=O) groups excluding carboxylic acids is 2. The SMILES string of the molecule is CC1C(=O)NCCCN1C(=O)c1csc(-c2c(F)cccc2F)n1. The van der Waals surface area contributed by atoms with Gasteiger partial charge in [-0.15, -0.1) is 11.3 Å². The maximum absolute atomic E-state index is 13.8. The van der Waals surface area contributed by atoms with Gasteiger partial charge < -0.3 is 10.2 Å². The molecule has 2 heterocycles. The molecule has 8 heteroatoms. The summed E-state index contributed by atoms with van der Waals surface area (Å²) in [5.74, 6) is -2.10. The normalized spacial score (nSPS) is 18.2. The molecule has 1 aliphatic rings. The molecule has 1 aliphatic heterocycles. The Morgan fingerprint density at radius 1 is 1.38 bits per heavy atom. The molecule has 1 atom stereocenters. The summed E-state index contributed by atoms with van der Waals surface area (Å²) in [5.41, 5.74) is -0.164. The number of nitrogens with one attached hydrogen (secondary N) is 1. The van der Waals surface area contributed by atoms with Crippen LogP contribution in [0, 0.1) is 11.6 Å². The van der Waals surface area contributed by atoms with Gasteiger partial charge >= 0.3 is 0 Å². The number of aromatic nitrogens is 1. The van der Waals surface area contributed by atoms with E-state index in [1.165, 1.54) is 16.3 Å². The predicted octanol–water partition coefficient (Wildman–Crippen LogP) is 2.44. The summed E-state index contributed by atoms with van der Waals surface area (Å²) < 4.78 is 27.7. The van der Waals surface area contributed by atoms with Crippen molar-refractivity contribution in [3.8, 4) is 10.6 Å². The van der Waals surface area contributed by atoms with Crippen molar-refractivity contribution < 1.29 is 18.4 Å². The predicted molar refractivity (Wildman–Crippen MR) is 85.6 cm³/mol. The Morgan fingerprint density at radius 3 is 2.79 bits per heavy atom. The quantitative estimate of drug-likeness (QED) is 0.904. The van der Waals surface area contributed by atoms with Gasteiger partial charge in [0.2, 0.25) is 5.91 Å². The van der Waals surface area contributed by atoms with Crippen LogP contribution in [0.2, 0.25) is 0 Å². The van der Waals surface area contributed by atoms with E-state index in [0.29, 0.717) is 19.5 Å². The van der Waals surface area contributed by atoms with Crippen molar-refractivity contribution in [1.29, 1.82) is 0 Å². The third-order valence-electron chi connectivity index (χ3n) is 3.88. The molecule has 0 aliphatic carbocycles. The van der Waals surface area contributed by atoms with Crippen LogP contribution in [0.25, 0.3) is 10.6 Å². The van der Waals surface area contributed by atoms with Crippen molar-refractivity contribution in [3.05, 3.63) is 40.9 Å². The maximum Gasteiger partial charge on any atom is 0.274 e. The highest BCUT2D eigenvalue weighted by Gasteiger charge is 2.30. The van der Waals surface area contributed by atoms with E-state index in [-0.39, 0.29) is 22.2 Å². The summed E-state index contributed by atoms with van der Waals surface area (Å²) in [6.07, 6.45) is 0.640. The van der Waals surface area contributed by atoms with Crippen molar-refractivity contribution in [3.63, 3.8) is 0 Å². The highest BCUT2D eigenvalue weighted by molar-refractivity contribution is 7.13. The summed E-state index contributed by atoms with van der Waals surface area (Å²) in [4.78, 5) is 30.0. The highest BCUT2D eigenvalue weighted by atomic mass is 32.1. The standard InChI is InChI=1S/C16H15F2N3O2S/c1-9-14(22)19-6-3-7-21(9)16(23)12-8-24-15(20-12)13-10(17)4-2-5-11(13)18/h2,4-5,8-9H,3,6-7H2,1H3,(H,19,22). The second kappa shape index (κ2) is 6.64. The second-order valence-corrected chi connectivity index (χ2v) is 6.31. The summed E-state index contributed by atoms with van der Waals surface area (Å²) >= 11 is 0.991. The minimum absolute atomic E-state index is 0.0826. The zero-order chi connectivity index (χ0) is 17.3. The fourth-order valence-electron chi connectivity index (χ4n) is 2.56. The molecule has 0 saturated carbocycles. The molecule has 2 amide bonds. The van der Waals surface area contributed by atoms with Gasteiger partial charge in [0, 0.05) is 18.5 Å². The molecule has 1 unspecified atom stereocenters. The van der Waals surface area contributed by atoms with Gasteiger partial charge in [-0.3, -0.25) is 9.59 Å². The Kier molecular flexibility index (Phi) is 4.57. The van der Waals surface area contributed by atoms with Crippen LogP contribution in [0.3, 0.4) is 0 Å². The van der Waals surface area contributed by atoms with Gasteiger partial charge in [0.05, 0.1) is 5.56 Å². The minimum atomic E-state index is -0.731. The molecular weight excluding hydrogens is 336 g/mol. The van der Waals surface area contributed by atoms with Crippen molar-refractivity contribution in [2.75, 3.05) is 13.1 Å². The van der Waals surface area contributed by atoms with E-state index in [9.17, 15) is 18.4 Å². The first-order valence-corrected chi connectivity index (χ1v) is 8.35. The van der Waals surface area contributed by atoms with Crippen molar-refractivity contribution in [2.45, 2.75) is 19.4 Å². The van der Waals surface area contributed by atoms with Gasteiger partial charge in [-0.1, -0.05) is 6.07 Å². The molecule has 1 saturated heterocycles. The van der Waals surface area contributed by atoms with Gasteiger partial charge in [0.25, 0.3) is 5.91 Å². The Bertz CT molecular complexity index is 773. The molecule has 3 rings (SSSR count). The first-order valence-electron chi connectivity index (χ1n) is 7.47. The van der Waals surface area contributed by atoms with Crippen LogP contribution in [0.15, 0.2) is 23.6 Å². The molecule has 126 valence electrons. The third kappa shape index (κ3) is 3.01. The van der Waals surface area contributed by atoms with Gasteiger partial charge in [-0.2, -0.15) is 0 Å². The fourth-order valence-corrected chi connectivity index (χ4v) is 3.40. The van der Waals surface area contributed by atoms with Crippen molar-refractivity contribution >= 4 is 23.2 Å². The number of rotatable bonds is 2. The average Bonchev–Trinajstić information content (AvgIpc) is 2.96. The summed E-state index contributed by atoms with van der Waals surface area (Å²) in [6.45, 7) is 2.57. The smallest absolute Gasteiger partial charge is 0.274 e. The van der Waals surface area contributed by atoms with Crippen LogP contribution in [-0.2, 0) is 4.79 Å². The Labute approximate surface area is 141 Å². The van der Waals surface area contributed by atoms with E-state index in [1.54, 1.807) is 6.92 Å². The molecule has 2 aromatic rings. The zero-order valence-electron chi connectivity index (χ0n) is 12.9. The topological polar surface area (TPSA) is 62.3 Å². The monoisotopic (exact) mass is 351 g/mol. The van der Waals surface area contributed by atoms with Crippen LogP contribution < -0.4 is 5.32 Å². The summed E-state index contributed by atoms with van der Waals surface area (Å²) in [6, 6.07) is 2.94. The third-order valence-corrected chi connectivity index (χ3v) is 4.74. The molecule has 1 fully saturated rings. The van der Waals surface area contributed by atoms with Crippen LogP contribution in [-0.4, -0.2) is 40.8 Å². The van der Waals surface area contributed by atoms with Gasteiger partial charge in [0.15, 0.2) is 0 Å². The van der Waals surface area contributed by atoms with E-state index >= 15 is 0 Å². The Hall–Kier alpha value is -2.35. The van der Waals surface area contributed by atoms with E-state index in [0.717, 1.165) is 23.5 Å². The summed E-state index contributed by atoms with van der Waals surface area (Å²) in [5, 5.41) is 4.28. The molecule has 24 heavy (non-hydrogen) atoms. The maximum atomic E-state index is 13.8. The number of thiazole rings is 1. The largest absolute Gasteiger partial charge is 0.354 e. The first kappa shape index (κ1) is 16.5. The van der Waals surface area contributed by atoms with Crippen LogP contribution in [0.5, 0.6) is 0 Å². The van der Waals surface area contributed by atoms with Crippen LogP contribution in [0.4, 0.5) is 8.78 Å². The lowest BCUT2D eigenvalue weighted by molar-refractivity contribution is -0.124. The number of nitrogens with zero attached hydrogens (tertiary/aromatic N) is 2. The lowest BCUT2D eigenvalue weighted by Crippen LogP contribution is -2.45. The summed E-state index contributed by atoms with van der Waals surface area (Å²) in [7, 11) is 0. The minimum Gasteiger partial charge on any atom is -0.354 e. The first-order chi connectivity index (χ1) is 11.5. The van der Waals surface area contributed by atoms with Crippen LogP contribution >= 0.6 is 11.3 Å². The van der Waals surface area contributed by atoms with Crippen molar-refractivity contribution in [1.82, 2.24) is 15.2 Å². The fraction of sp³-hybridized carbons (Fsp3) is 0.312. The molecular formula is C16H15F2N3O2S. The average molecular weight is 351 g/mol. The van der Waals surface area contributed by atoms with E-state index in [1.807, 2.05) is 0 Å². The van der Waals surface area contributed by atoms with E-state index in [4.69, 9.17) is 0 Å². The number of carbonyl (C=O) groups is 2. The van der Waals surface area contributed by atoms with Crippen molar-refractivity contribution in [2.24, 2.45) is 0 Å². The molecule has 1 aromatic heterocycles. The van der Waals surface area contributed by atoms with E-state index in [2.05, 4.69) is 10.3 Å². The Morgan fingerprint density at radius 2 is 2.08 bits per heavy atom. The molecule has 0 spiro atoms. The number of hydrogen-bond donors (Lipinski definition) is 1. The number of halogens is 2. The second-order valence-electron chi connectivity index (χ2n) is 5.45. The zero-order valence-corrected chi connectivity index (χ0v) is 13.7. The number of amides is 2. The molecule has 0 radical (unpaired) electrons. The van der Waals surface area contributed by atoms with Gasteiger partial charge in [-0.05, 0) is 25.5 Å².